The van der Waals surface area contributed by atoms with Gasteiger partial charge < -0.3 is 11.1 Å². The largest absolute Gasteiger partial charge is 0.353 e. The van der Waals surface area contributed by atoms with Crippen LogP contribution in [0.1, 0.15) is 0 Å². The first-order valence-electron chi connectivity index (χ1n) is 5.32. The van der Waals surface area contributed by atoms with Crippen molar-refractivity contribution in [2.24, 2.45) is 5.73 Å². The lowest BCUT2D eigenvalue weighted by Crippen LogP contribution is -2.14. The summed E-state index contributed by atoms with van der Waals surface area (Å²) in [6.45, 7) is 1.12. The van der Waals surface area contributed by atoms with Gasteiger partial charge in [0.05, 0.1) is 0 Å². The number of halogens is 1. The fourth-order valence-corrected chi connectivity index (χ4v) is 1.44. The van der Waals surface area contributed by atoms with Crippen LogP contribution in [0.2, 0.25) is 0 Å². The zero-order valence-electron chi connectivity index (χ0n) is 9.23. The Morgan fingerprint density at radius 1 is 1.18 bits per heavy atom. The van der Waals surface area contributed by atoms with E-state index in [0.717, 1.165) is 0 Å². The molecule has 88 valence electrons. The molecule has 2 aromatic rings. The zero-order valence-corrected chi connectivity index (χ0v) is 9.23. The molecule has 5 heteroatoms. The SMILES string of the molecule is NCCNc1ncc(-c2ccccc2F)cn1. The van der Waals surface area contributed by atoms with E-state index >= 15 is 0 Å². The Kier molecular flexibility index (Phi) is 3.62. The van der Waals surface area contributed by atoms with Crippen molar-refractivity contribution in [3.05, 3.63) is 42.5 Å². The van der Waals surface area contributed by atoms with E-state index in [9.17, 15) is 4.39 Å². The quantitative estimate of drug-likeness (QED) is 0.841. The van der Waals surface area contributed by atoms with Crippen molar-refractivity contribution in [1.29, 1.82) is 0 Å². The van der Waals surface area contributed by atoms with Gasteiger partial charge >= 0.3 is 0 Å². The highest BCUT2D eigenvalue weighted by Crippen LogP contribution is 2.20. The third-order valence-corrected chi connectivity index (χ3v) is 2.26. The summed E-state index contributed by atoms with van der Waals surface area (Å²) in [6.07, 6.45) is 3.18. The van der Waals surface area contributed by atoms with E-state index in [1.165, 1.54) is 6.07 Å². The van der Waals surface area contributed by atoms with Crippen LogP contribution in [-0.2, 0) is 0 Å². The van der Waals surface area contributed by atoms with Crippen molar-refractivity contribution in [3.63, 3.8) is 0 Å². The first kappa shape index (κ1) is 11.5. The first-order valence-corrected chi connectivity index (χ1v) is 5.32. The van der Waals surface area contributed by atoms with Gasteiger partial charge in [-0.05, 0) is 6.07 Å². The summed E-state index contributed by atoms with van der Waals surface area (Å²) in [7, 11) is 0. The minimum Gasteiger partial charge on any atom is -0.353 e. The Hall–Kier alpha value is -2.01. The Labute approximate surface area is 98.7 Å². The Bertz CT molecular complexity index is 484. The van der Waals surface area contributed by atoms with Gasteiger partial charge in [0, 0.05) is 36.6 Å². The normalized spacial score (nSPS) is 10.2. The number of nitrogens with two attached hydrogens (primary N) is 1. The van der Waals surface area contributed by atoms with Gasteiger partial charge in [-0.25, -0.2) is 14.4 Å². The molecule has 0 atom stereocenters. The molecular weight excluding hydrogens is 219 g/mol. The van der Waals surface area contributed by atoms with E-state index in [1.807, 2.05) is 0 Å². The van der Waals surface area contributed by atoms with Crippen molar-refractivity contribution < 1.29 is 4.39 Å². The lowest BCUT2D eigenvalue weighted by Gasteiger charge is -2.05. The third-order valence-electron chi connectivity index (χ3n) is 2.26. The number of benzene rings is 1. The summed E-state index contributed by atoms with van der Waals surface area (Å²) in [4.78, 5) is 8.18. The molecule has 0 aliphatic heterocycles. The Balaban J connectivity index is 2.21. The summed E-state index contributed by atoms with van der Waals surface area (Å²) in [5.41, 5.74) is 6.50. The molecule has 17 heavy (non-hydrogen) atoms. The maximum Gasteiger partial charge on any atom is 0.222 e. The predicted octanol–water partition coefficient (Wildman–Crippen LogP) is 1.65. The second kappa shape index (κ2) is 5.36. The molecule has 0 aliphatic carbocycles. The van der Waals surface area contributed by atoms with Gasteiger partial charge in [-0.1, -0.05) is 18.2 Å². The average Bonchev–Trinajstić information content (AvgIpc) is 2.38. The van der Waals surface area contributed by atoms with Crippen molar-refractivity contribution in [2.45, 2.75) is 0 Å². The average molecular weight is 232 g/mol. The summed E-state index contributed by atoms with van der Waals surface area (Å²) in [5, 5.41) is 2.95. The van der Waals surface area contributed by atoms with Crippen LogP contribution in [0.5, 0.6) is 0 Å². The van der Waals surface area contributed by atoms with E-state index in [0.29, 0.717) is 30.2 Å². The molecule has 0 amide bonds. The molecule has 0 saturated heterocycles. The lowest BCUT2D eigenvalue weighted by molar-refractivity contribution is 0.631. The molecule has 0 spiro atoms. The molecular formula is C12H13FN4. The Morgan fingerprint density at radius 3 is 2.53 bits per heavy atom. The van der Waals surface area contributed by atoms with Crippen LogP contribution in [0.4, 0.5) is 10.3 Å². The summed E-state index contributed by atoms with van der Waals surface area (Å²) in [5.74, 6) is 0.217. The standard InChI is InChI=1S/C12H13FN4/c13-11-4-2-1-3-10(11)9-7-16-12(17-8-9)15-6-5-14/h1-4,7-8H,5-6,14H2,(H,15,16,17). The molecule has 0 unspecified atom stereocenters. The molecule has 0 aliphatic rings. The van der Waals surface area contributed by atoms with Gasteiger partial charge in [0.2, 0.25) is 5.95 Å². The van der Waals surface area contributed by atoms with Crippen molar-refractivity contribution in [3.8, 4) is 11.1 Å². The molecule has 1 aromatic carbocycles. The molecule has 4 nitrogen and oxygen atoms in total. The summed E-state index contributed by atoms with van der Waals surface area (Å²) in [6, 6.07) is 6.53. The van der Waals surface area contributed by atoms with Gasteiger partial charge in [-0.2, -0.15) is 0 Å². The molecule has 0 radical (unpaired) electrons. The number of rotatable bonds is 4. The Morgan fingerprint density at radius 2 is 1.88 bits per heavy atom. The lowest BCUT2D eigenvalue weighted by atomic mass is 10.1. The predicted molar refractivity (Wildman–Crippen MR) is 65.0 cm³/mol. The number of hydrogen-bond donors (Lipinski definition) is 2. The van der Waals surface area contributed by atoms with Crippen LogP contribution >= 0.6 is 0 Å². The fourth-order valence-electron chi connectivity index (χ4n) is 1.44. The van der Waals surface area contributed by atoms with Gasteiger partial charge in [-0.3, -0.25) is 0 Å². The third kappa shape index (κ3) is 2.76. The smallest absolute Gasteiger partial charge is 0.222 e. The van der Waals surface area contributed by atoms with E-state index < -0.39 is 0 Å². The maximum atomic E-state index is 13.5. The van der Waals surface area contributed by atoms with Crippen LogP contribution in [0.15, 0.2) is 36.7 Å². The van der Waals surface area contributed by atoms with E-state index in [-0.39, 0.29) is 5.82 Å². The van der Waals surface area contributed by atoms with Crippen LogP contribution in [0.25, 0.3) is 11.1 Å². The van der Waals surface area contributed by atoms with Crippen LogP contribution < -0.4 is 11.1 Å². The topological polar surface area (TPSA) is 63.8 Å². The maximum absolute atomic E-state index is 13.5. The molecule has 2 rings (SSSR count). The van der Waals surface area contributed by atoms with E-state index in [4.69, 9.17) is 5.73 Å². The molecule has 0 fully saturated rings. The molecule has 3 N–H and O–H groups in total. The van der Waals surface area contributed by atoms with Crippen molar-refractivity contribution in [1.82, 2.24) is 9.97 Å². The fraction of sp³-hybridized carbons (Fsp3) is 0.167. The zero-order chi connectivity index (χ0) is 12.1. The second-order valence-electron chi connectivity index (χ2n) is 3.49. The highest BCUT2D eigenvalue weighted by atomic mass is 19.1. The second-order valence-corrected chi connectivity index (χ2v) is 3.49. The van der Waals surface area contributed by atoms with Gasteiger partial charge in [-0.15, -0.1) is 0 Å². The summed E-state index contributed by atoms with van der Waals surface area (Å²) >= 11 is 0. The highest BCUT2D eigenvalue weighted by Gasteiger charge is 2.04. The number of aromatic nitrogens is 2. The molecule has 0 bridgehead atoms. The van der Waals surface area contributed by atoms with Crippen molar-refractivity contribution >= 4 is 5.95 Å². The monoisotopic (exact) mass is 232 g/mol. The first-order chi connectivity index (χ1) is 8.31. The highest BCUT2D eigenvalue weighted by molar-refractivity contribution is 5.62. The number of anilines is 1. The minimum absolute atomic E-state index is 0.279. The van der Waals surface area contributed by atoms with E-state index in [1.54, 1.807) is 30.6 Å². The van der Waals surface area contributed by atoms with Gasteiger partial charge in [0.15, 0.2) is 0 Å². The molecule has 1 heterocycles. The van der Waals surface area contributed by atoms with Crippen LogP contribution in [0.3, 0.4) is 0 Å². The van der Waals surface area contributed by atoms with Crippen molar-refractivity contribution in [2.75, 3.05) is 18.4 Å². The van der Waals surface area contributed by atoms with Gasteiger partial charge in [0.25, 0.3) is 0 Å². The van der Waals surface area contributed by atoms with Gasteiger partial charge in [0.1, 0.15) is 5.82 Å². The number of hydrogen-bond acceptors (Lipinski definition) is 4. The summed E-state index contributed by atoms with van der Waals surface area (Å²) < 4.78 is 13.5. The number of nitrogens with zero attached hydrogens (tertiary/aromatic N) is 2. The minimum atomic E-state index is -0.279. The molecule has 0 saturated carbocycles. The van der Waals surface area contributed by atoms with Crippen LogP contribution in [0, 0.1) is 5.82 Å². The van der Waals surface area contributed by atoms with E-state index in [2.05, 4.69) is 15.3 Å². The molecule has 1 aromatic heterocycles. The van der Waals surface area contributed by atoms with Crippen LogP contribution in [-0.4, -0.2) is 23.1 Å². The number of nitrogens with one attached hydrogen (secondary N) is 1.